The summed E-state index contributed by atoms with van der Waals surface area (Å²) in [7, 11) is 0. The zero-order valence-corrected chi connectivity index (χ0v) is 14.6. The van der Waals surface area contributed by atoms with Crippen molar-refractivity contribution in [2.45, 2.75) is 37.9 Å². The molecule has 1 fully saturated rings. The molecule has 1 aliphatic heterocycles. The smallest absolute Gasteiger partial charge is 0.167 e. The van der Waals surface area contributed by atoms with Crippen LogP contribution in [0, 0.1) is 6.92 Å². The molecule has 144 valence electrons. The number of nitrogens with zero attached hydrogens (tertiary/aromatic N) is 5. The highest BCUT2D eigenvalue weighted by atomic mass is 16.6. The van der Waals surface area contributed by atoms with E-state index in [4.69, 9.17) is 4.74 Å². The number of aliphatic hydroxyl groups is 3. The molecule has 4 atom stereocenters. The van der Waals surface area contributed by atoms with Gasteiger partial charge >= 0.3 is 0 Å². The molecule has 0 saturated carbocycles. The van der Waals surface area contributed by atoms with Gasteiger partial charge in [0.2, 0.25) is 0 Å². The zero-order chi connectivity index (χ0) is 19.0. The molecular formula is C16H21N7O4. The molecule has 4 rings (SSSR count). The summed E-state index contributed by atoms with van der Waals surface area (Å²) in [5.74, 6) is 0.554. The van der Waals surface area contributed by atoms with Crippen LogP contribution in [0.15, 0.2) is 19.0 Å². The topological polar surface area (TPSA) is 154 Å². The van der Waals surface area contributed by atoms with Gasteiger partial charge in [0.05, 0.1) is 25.0 Å². The second-order valence-electron chi connectivity index (χ2n) is 6.43. The third kappa shape index (κ3) is 3.14. The number of fused-ring (bicyclic) bond motifs is 1. The quantitative estimate of drug-likeness (QED) is 0.369. The maximum Gasteiger partial charge on any atom is 0.167 e. The SMILES string of the molecule is Cc1[nH]cnc1CCNc1ncnc2c1ncn2[C@@H]1O[C@H](CO)[C@@H](O)[C@H]1O. The van der Waals surface area contributed by atoms with E-state index in [9.17, 15) is 15.3 Å². The Balaban J connectivity index is 1.54. The first-order valence-corrected chi connectivity index (χ1v) is 8.63. The van der Waals surface area contributed by atoms with Crippen molar-refractivity contribution in [3.63, 3.8) is 0 Å². The minimum absolute atomic E-state index is 0.393. The lowest BCUT2D eigenvalue weighted by molar-refractivity contribution is -0.0511. The van der Waals surface area contributed by atoms with Crippen LogP contribution in [0.5, 0.6) is 0 Å². The fraction of sp³-hybridized carbons (Fsp3) is 0.500. The number of aliphatic hydroxyl groups excluding tert-OH is 3. The summed E-state index contributed by atoms with van der Waals surface area (Å²) in [6, 6.07) is 0. The first kappa shape index (κ1) is 17.8. The predicted octanol–water partition coefficient (Wildman–Crippen LogP) is -0.876. The summed E-state index contributed by atoms with van der Waals surface area (Å²) in [4.78, 5) is 20.1. The predicted molar refractivity (Wildman–Crippen MR) is 93.9 cm³/mol. The second kappa shape index (κ2) is 7.19. The number of nitrogens with one attached hydrogen (secondary N) is 2. The van der Waals surface area contributed by atoms with Crippen LogP contribution in [0.2, 0.25) is 0 Å². The summed E-state index contributed by atoms with van der Waals surface area (Å²) < 4.78 is 7.08. The normalized spacial score (nSPS) is 25.3. The molecule has 11 heteroatoms. The molecule has 27 heavy (non-hydrogen) atoms. The van der Waals surface area contributed by atoms with Gasteiger partial charge in [0.1, 0.15) is 24.6 Å². The van der Waals surface area contributed by atoms with E-state index in [0.717, 1.165) is 17.8 Å². The van der Waals surface area contributed by atoms with Crippen LogP contribution in [-0.2, 0) is 11.2 Å². The van der Waals surface area contributed by atoms with E-state index in [1.807, 2.05) is 6.92 Å². The number of hydrogen-bond acceptors (Lipinski definition) is 9. The fourth-order valence-electron chi connectivity index (χ4n) is 3.22. The third-order valence-corrected chi connectivity index (χ3v) is 4.74. The van der Waals surface area contributed by atoms with E-state index in [-0.39, 0.29) is 0 Å². The number of aryl methyl sites for hydroxylation is 1. The molecule has 11 nitrogen and oxygen atoms in total. The zero-order valence-electron chi connectivity index (χ0n) is 14.6. The van der Waals surface area contributed by atoms with Gasteiger partial charge in [-0.05, 0) is 6.92 Å². The molecule has 5 N–H and O–H groups in total. The standard InChI is InChI=1S/C16H21N7O4/c1-8-9(19-5-18-8)2-3-17-14-11-15(21-6-20-14)23(7-22-11)16-13(26)12(25)10(4-24)27-16/h5-7,10,12-13,16,24-26H,2-4H2,1H3,(H,18,19)(H,17,20,21)/t10-,12-,13-,16-/m1/s1. The highest BCUT2D eigenvalue weighted by Crippen LogP contribution is 2.32. The van der Waals surface area contributed by atoms with E-state index in [1.54, 1.807) is 6.33 Å². The van der Waals surface area contributed by atoms with Crippen molar-refractivity contribution in [3.8, 4) is 0 Å². The van der Waals surface area contributed by atoms with Crippen molar-refractivity contribution < 1.29 is 20.1 Å². The lowest BCUT2D eigenvalue weighted by Crippen LogP contribution is -2.33. The Morgan fingerprint density at radius 2 is 2.07 bits per heavy atom. The average molecular weight is 375 g/mol. The number of aromatic amines is 1. The summed E-state index contributed by atoms with van der Waals surface area (Å²) in [6.45, 7) is 2.18. The summed E-state index contributed by atoms with van der Waals surface area (Å²) in [6.07, 6.45) is 1.11. The van der Waals surface area contributed by atoms with Crippen LogP contribution in [0.4, 0.5) is 5.82 Å². The molecule has 0 amide bonds. The Morgan fingerprint density at radius 1 is 1.22 bits per heavy atom. The van der Waals surface area contributed by atoms with Gasteiger partial charge in [-0.2, -0.15) is 0 Å². The molecule has 0 bridgehead atoms. The Bertz CT molecular complexity index is 927. The summed E-state index contributed by atoms with van der Waals surface area (Å²) in [5.41, 5.74) is 2.98. The van der Waals surface area contributed by atoms with Crippen LogP contribution in [0.3, 0.4) is 0 Å². The van der Waals surface area contributed by atoms with Gasteiger partial charge in [-0.3, -0.25) is 4.57 Å². The first-order valence-electron chi connectivity index (χ1n) is 8.63. The van der Waals surface area contributed by atoms with Gasteiger partial charge in [-0.1, -0.05) is 0 Å². The minimum atomic E-state index is -1.20. The van der Waals surface area contributed by atoms with Crippen LogP contribution >= 0.6 is 0 Å². The van der Waals surface area contributed by atoms with Crippen molar-refractivity contribution in [3.05, 3.63) is 30.4 Å². The van der Waals surface area contributed by atoms with E-state index < -0.39 is 31.1 Å². The number of H-pyrrole nitrogens is 1. The molecule has 1 saturated heterocycles. The van der Waals surface area contributed by atoms with Crippen LogP contribution in [0.1, 0.15) is 17.6 Å². The van der Waals surface area contributed by atoms with Crippen molar-refractivity contribution in [2.24, 2.45) is 0 Å². The fourth-order valence-corrected chi connectivity index (χ4v) is 3.22. The molecule has 3 aromatic heterocycles. The molecular weight excluding hydrogens is 354 g/mol. The monoisotopic (exact) mass is 375 g/mol. The van der Waals surface area contributed by atoms with Gasteiger partial charge in [0.15, 0.2) is 23.2 Å². The Labute approximate surface area is 154 Å². The number of ether oxygens (including phenoxy) is 1. The third-order valence-electron chi connectivity index (χ3n) is 4.74. The Kier molecular flexibility index (Phi) is 4.74. The van der Waals surface area contributed by atoms with Crippen molar-refractivity contribution in [2.75, 3.05) is 18.5 Å². The Morgan fingerprint density at radius 3 is 2.78 bits per heavy atom. The van der Waals surface area contributed by atoms with Crippen molar-refractivity contribution >= 4 is 17.0 Å². The molecule has 0 unspecified atom stereocenters. The number of anilines is 1. The summed E-state index contributed by atoms with van der Waals surface area (Å²) in [5, 5.41) is 32.7. The van der Waals surface area contributed by atoms with Gasteiger partial charge in [-0.15, -0.1) is 0 Å². The van der Waals surface area contributed by atoms with Crippen LogP contribution in [0.25, 0.3) is 11.2 Å². The van der Waals surface area contributed by atoms with E-state index in [0.29, 0.717) is 23.5 Å². The highest BCUT2D eigenvalue weighted by Gasteiger charge is 2.44. The molecule has 4 heterocycles. The Hall–Kier alpha value is -2.60. The number of rotatable bonds is 6. The number of hydrogen-bond donors (Lipinski definition) is 5. The molecule has 0 aliphatic carbocycles. The maximum absolute atomic E-state index is 10.2. The largest absolute Gasteiger partial charge is 0.394 e. The number of imidazole rings is 2. The van der Waals surface area contributed by atoms with Crippen molar-refractivity contribution in [1.82, 2.24) is 29.5 Å². The second-order valence-corrected chi connectivity index (χ2v) is 6.43. The lowest BCUT2D eigenvalue weighted by atomic mass is 10.1. The number of aromatic nitrogens is 6. The van der Waals surface area contributed by atoms with E-state index in [1.165, 1.54) is 17.2 Å². The van der Waals surface area contributed by atoms with Gasteiger partial charge in [0, 0.05) is 18.7 Å². The lowest BCUT2D eigenvalue weighted by Gasteiger charge is -2.16. The first-order chi connectivity index (χ1) is 13.1. The summed E-state index contributed by atoms with van der Waals surface area (Å²) >= 11 is 0. The van der Waals surface area contributed by atoms with Gasteiger partial charge < -0.3 is 30.4 Å². The van der Waals surface area contributed by atoms with Gasteiger partial charge in [0.25, 0.3) is 0 Å². The van der Waals surface area contributed by atoms with Crippen molar-refractivity contribution in [1.29, 1.82) is 0 Å². The molecule has 0 aromatic carbocycles. The maximum atomic E-state index is 10.2. The average Bonchev–Trinajstić information content (AvgIpc) is 3.35. The van der Waals surface area contributed by atoms with Crippen LogP contribution < -0.4 is 5.32 Å². The molecule has 1 aliphatic rings. The molecule has 3 aromatic rings. The molecule has 0 radical (unpaired) electrons. The molecule has 0 spiro atoms. The van der Waals surface area contributed by atoms with Crippen LogP contribution in [-0.4, -0.2) is 76.3 Å². The van der Waals surface area contributed by atoms with Gasteiger partial charge in [-0.25, -0.2) is 19.9 Å². The minimum Gasteiger partial charge on any atom is -0.394 e. The van der Waals surface area contributed by atoms with E-state index in [2.05, 4.69) is 30.2 Å². The highest BCUT2D eigenvalue weighted by molar-refractivity contribution is 5.82. The van der Waals surface area contributed by atoms with E-state index >= 15 is 0 Å².